The molecular formula is C14H22N2O5. The summed E-state index contributed by atoms with van der Waals surface area (Å²) in [6.45, 7) is 3.34. The van der Waals surface area contributed by atoms with Gasteiger partial charge in [-0.1, -0.05) is 0 Å². The van der Waals surface area contributed by atoms with Crippen LogP contribution < -0.4 is 0 Å². The van der Waals surface area contributed by atoms with E-state index in [1.807, 2.05) is 0 Å². The number of hydrogen-bond acceptors (Lipinski definition) is 4. The second-order valence-corrected chi connectivity index (χ2v) is 5.60. The van der Waals surface area contributed by atoms with Gasteiger partial charge in [-0.2, -0.15) is 0 Å². The van der Waals surface area contributed by atoms with E-state index < -0.39 is 12.0 Å². The highest BCUT2D eigenvalue weighted by Crippen LogP contribution is 2.20. The highest BCUT2D eigenvalue weighted by Gasteiger charge is 2.34. The maximum atomic E-state index is 12.3. The first-order valence-electron chi connectivity index (χ1n) is 7.38. The molecular weight excluding hydrogens is 276 g/mol. The Morgan fingerprint density at radius 3 is 2.67 bits per heavy atom. The number of amides is 2. The Kier molecular flexibility index (Phi) is 5.17. The van der Waals surface area contributed by atoms with Gasteiger partial charge < -0.3 is 19.6 Å². The second-order valence-electron chi connectivity index (χ2n) is 5.60. The van der Waals surface area contributed by atoms with Crippen LogP contribution in [0.25, 0.3) is 0 Å². The van der Waals surface area contributed by atoms with Crippen LogP contribution in [0, 0.1) is 0 Å². The minimum Gasteiger partial charge on any atom is -0.480 e. The van der Waals surface area contributed by atoms with Crippen molar-refractivity contribution in [3.8, 4) is 0 Å². The molecule has 2 rings (SSSR count). The maximum Gasteiger partial charge on any atom is 0.326 e. The molecule has 2 saturated heterocycles. The normalized spacial score (nSPS) is 26.5. The number of ether oxygens (including phenoxy) is 1. The monoisotopic (exact) mass is 298 g/mol. The van der Waals surface area contributed by atoms with Crippen LogP contribution >= 0.6 is 0 Å². The molecule has 0 aromatic heterocycles. The lowest BCUT2D eigenvalue weighted by atomic mass is 10.0. The largest absolute Gasteiger partial charge is 0.480 e. The van der Waals surface area contributed by atoms with Crippen LogP contribution in [-0.4, -0.2) is 71.1 Å². The Morgan fingerprint density at radius 1 is 1.24 bits per heavy atom. The third kappa shape index (κ3) is 3.93. The number of carbonyl (C=O) groups is 3. The second kappa shape index (κ2) is 6.89. The lowest BCUT2D eigenvalue weighted by Gasteiger charge is -2.36. The van der Waals surface area contributed by atoms with Gasteiger partial charge in [0.15, 0.2) is 0 Å². The average molecular weight is 298 g/mol. The number of carboxylic acids is 1. The molecule has 7 heteroatoms. The van der Waals surface area contributed by atoms with E-state index in [-0.39, 0.29) is 24.3 Å². The van der Waals surface area contributed by atoms with Crippen molar-refractivity contribution in [2.75, 3.05) is 26.2 Å². The number of likely N-dealkylation sites (tertiary alicyclic amines) is 1. The zero-order chi connectivity index (χ0) is 15.4. The summed E-state index contributed by atoms with van der Waals surface area (Å²) in [5.41, 5.74) is 0. The molecule has 2 fully saturated rings. The van der Waals surface area contributed by atoms with E-state index in [0.717, 1.165) is 12.8 Å². The van der Waals surface area contributed by atoms with E-state index in [9.17, 15) is 19.5 Å². The molecule has 2 amide bonds. The molecule has 7 nitrogen and oxygen atoms in total. The fraction of sp³-hybridized carbons (Fsp3) is 0.786. The Balaban J connectivity index is 1.93. The van der Waals surface area contributed by atoms with Gasteiger partial charge in [-0.3, -0.25) is 9.59 Å². The van der Waals surface area contributed by atoms with Crippen LogP contribution in [0.2, 0.25) is 0 Å². The van der Waals surface area contributed by atoms with E-state index in [0.29, 0.717) is 32.7 Å². The zero-order valence-electron chi connectivity index (χ0n) is 12.3. The van der Waals surface area contributed by atoms with Crippen molar-refractivity contribution in [3.63, 3.8) is 0 Å². The van der Waals surface area contributed by atoms with Crippen molar-refractivity contribution in [3.05, 3.63) is 0 Å². The topological polar surface area (TPSA) is 87.2 Å². The number of morpholine rings is 1. The summed E-state index contributed by atoms with van der Waals surface area (Å²) in [4.78, 5) is 38.0. The van der Waals surface area contributed by atoms with E-state index in [4.69, 9.17) is 4.74 Å². The Labute approximate surface area is 123 Å². The van der Waals surface area contributed by atoms with Gasteiger partial charge in [0.1, 0.15) is 6.04 Å². The van der Waals surface area contributed by atoms with Crippen LogP contribution in [0.15, 0.2) is 0 Å². The highest BCUT2D eigenvalue weighted by atomic mass is 16.5. The van der Waals surface area contributed by atoms with E-state index >= 15 is 0 Å². The quantitative estimate of drug-likeness (QED) is 0.798. The zero-order valence-corrected chi connectivity index (χ0v) is 12.3. The van der Waals surface area contributed by atoms with Gasteiger partial charge in [0.05, 0.1) is 19.1 Å². The van der Waals surface area contributed by atoms with Crippen molar-refractivity contribution in [1.82, 2.24) is 9.80 Å². The van der Waals surface area contributed by atoms with Gasteiger partial charge in [-0.15, -0.1) is 0 Å². The lowest BCUT2D eigenvalue weighted by Crippen LogP contribution is -2.51. The minimum absolute atomic E-state index is 0.0304. The number of nitrogens with zero attached hydrogens (tertiary/aromatic N) is 2. The Bertz CT molecular complexity index is 426. The first-order valence-corrected chi connectivity index (χ1v) is 7.38. The molecule has 2 unspecified atom stereocenters. The number of carbonyl (C=O) groups excluding carboxylic acids is 2. The van der Waals surface area contributed by atoms with Gasteiger partial charge >= 0.3 is 5.97 Å². The molecule has 0 aromatic rings. The van der Waals surface area contributed by atoms with E-state index in [1.54, 1.807) is 4.90 Å². The lowest BCUT2D eigenvalue weighted by molar-refractivity contribution is -0.154. The average Bonchev–Trinajstić information content (AvgIpc) is 2.47. The molecule has 0 bridgehead atoms. The van der Waals surface area contributed by atoms with Crippen molar-refractivity contribution in [2.24, 2.45) is 0 Å². The number of piperidine rings is 1. The predicted octanol–water partition coefficient (Wildman–Crippen LogP) is 0.0895. The van der Waals surface area contributed by atoms with Gasteiger partial charge in [-0.25, -0.2) is 4.79 Å². The Morgan fingerprint density at radius 2 is 2.00 bits per heavy atom. The maximum absolute atomic E-state index is 12.3. The molecule has 0 aliphatic carbocycles. The molecule has 118 valence electrons. The summed E-state index contributed by atoms with van der Waals surface area (Å²) in [6.07, 6.45) is 1.96. The summed E-state index contributed by atoms with van der Waals surface area (Å²) in [5, 5.41) is 9.20. The summed E-state index contributed by atoms with van der Waals surface area (Å²) in [6, 6.07) is -0.723. The van der Waals surface area contributed by atoms with E-state index in [2.05, 4.69) is 0 Å². The van der Waals surface area contributed by atoms with Gasteiger partial charge in [-0.05, 0) is 19.3 Å². The van der Waals surface area contributed by atoms with Crippen molar-refractivity contribution >= 4 is 17.8 Å². The van der Waals surface area contributed by atoms with Gasteiger partial charge in [0.25, 0.3) is 0 Å². The molecule has 2 aliphatic heterocycles. The molecule has 2 aliphatic rings. The molecule has 0 saturated carbocycles. The molecule has 0 radical (unpaired) electrons. The minimum atomic E-state index is -0.946. The SMILES string of the molecule is CC(=O)N1CCOC(CC(=O)N2CCCCC2C(=O)O)C1. The number of hydrogen-bond donors (Lipinski definition) is 1. The van der Waals surface area contributed by atoms with Crippen molar-refractivity contribution in [2.45, 2.75) is 44.8 Å². The van der Waals surface area contributed by atoms with E-state index in [1.165, 1.54) is 11.8 Å². The van der Waals surface area contributed by atoms with Crippen LogP contribution in [0.4, 0.5) is 0 Å². The fourth-order valence-corrected chi connectivity index (χ4v) is 2.93. The molecule has 2 heterocycles. The summed E-state index contributed by atoms with van der Waals surface area (Å²) < 4.78 is 5.53. The van der Waals surface area contributed by atoms with Crippen LogP contribution in [0.3, 0.4) is 0 Å². The van der Waals surface area contributed by atoms with Crippen LogP contribution in [0.1, 0.15) is 32.6 Å². The van der Waals surface area contributed by atoms with Crippen molar-refractivity contribution < 1.29 is 24.2 Å². The summed E-state index contributed by atoms with van der Waals surface area (Å²) in [5.74, 6) is -1.17. The van der Waals surface area contributed by atoms with Gasteiger partial charge in [0, 0.05) is 26.6 Å². The molecule has 1 N–H and O–H groups in total. The smallest absolute Gasteiger partial charge is 0.326 e. The predicted molar refractivity (Wildman–Crippen MR) is 73.6 cm³/mol. The number of aliphatic carboxylic acids is 1. The number of carboxylic acid groups (broad SMARTS) is 1. The molecule has 21 heavy (non-hydrogen) atoms. The molecule has 0 spiro atoms. The highest BCUT2D eigenvalue weighted by molar-refractivity contribution is 5.84. The molecule has 2 atom stereocenters. The first kappa shape index (κ1) is 15.8. The Hall–Kier alpha value is -1.63. The van der Waals surface area contributed by atoms with Crippen molar-refractivity contribution in [1.29, 1.82) is 0 Å². The standard InChI is InChI=1S/C14H22N2O5/c1-10(17)15-6-7-21-11(9-15)8-13(18)16-5-3-2-4-12(16)14(19)20/h11-12H,2-9H2,1H3,(H,19,20). The first-order chi connectivity index (χ1) is 9.99. The number of rotatable bonds is 3. The summed E-state index contributed by atoms with van der Waals surface area (Å²) >= 11 is 0. The van der Waals surface area contributed by atoms with Crippen LogP contribution in [0.5, 0.6) is 0 Å². The van der Waals surface area contributed by atoms with Crippen LogP contribution in [-0.2, 0) is 19.1 Å². The molecule has 0 aromatic carbocycles. The third-order valence-electron chi connectivity index (χ3n) is 4.09. The van der Waals surface area contributed by atoms with Gasteiger partial charge in [0.2, 0.25) is 11.8 Å². The third-order valence-corrected chi connectivity index (χ3v) is 4.09. The fourth-order valence-electron chi connectivity index (χ4n) is 2.93. The summed E-state index contributed by atoms with van der Waals surface area (Å²) in [7, 11) is 0.